The van der Waals surface area contributed by atoms with Crippen molar-refractivity contribution in [2.24, 2.45) is 5.73 Å². The van der Waals surface area contributed by atoms with Gasteiger partial charge in [-0.05, 0) is 86.1 Å². The van der Waals surface area contributed by atoms with E-state index in [1.807, 2.05) is 6.07 Å². The standard InChI is InChI=1S/C28H30F3N3O2/c1-16(2)36-15-17-10-23(30)27(24(31)11-17)28-22(29)6-7-25(34-28)26(35)13-19-14-33-9-8-21(19)18-4-3-5-20(32)12-18/h6-11,14,16,18,20H,3-5,12-13,15,32H2,1-2H3/t18-,20+/m1/s1. The first-order valence-corrected chi connectivity index (χ1v) is 12.2. The molecule has 36 heavy (non-hydrogen) atoms. The molecule has 1 fully saturated rings. The normalized spacial score (nSPS) is 18.0. The first-order valence-electron chi connectivity index (χ1n) is 12.2. The molecular weight excluding hydrogens is 467 g/mol. The van der Waals surface area contributed by atoms with Gasteiger partial charge in [0, 0.05) is 24.9 Å². The van der Waals surface area contributed by atoms with Crippen LogP contribution in [0.4, 0.5) is 13.2 Å². The van der Waals surface area contributed by atoms with E-state index < -0.39 is 34.5 Å². The van der Waals surface area contributed by atoms with E-state index in [1.165, 1.54) is 6.07 Å². The molecule has 1 aliphatic rings. The summed E-state index contributed by atoms with van der Waals surface area (Å²) in [4.78, 5) is 21.4. The van der Waals surface area contributed by atoms with Crippen molar-refractivity contribution < 1.29 is 22.7 Å². The molecule has 1 saturated carbocycles. The highest BCUT2D eigenvalue weighted by molar-refractivity contribution is 5.96. The van der Waals surface area contributed by atoms with Crippen LogP contribution in [0.5, 0.6) is 0 Å². The number of pyridine rings is 2. The molecule has 0 saturated heterocycles. The van der Waals surface area contributed by atoms with Crippen molar-refractivity contribution in [3.63, 3.8) is 0 Å². The van der Waals surface area contributed by atoms with Crippen molar-refractivity contribution in [1.82, 2.24) is 9.97 Å². The van der Waals surface area contributed by atoms with Gasteiger partial charge in [-0.3, -0.25) is 9.78 Å². The molecular formula is C28H30F3N3O2. The topological polar surface area (TPSA) is 78.1 Å². The summed E-state index contributed by atoms with van der Waals surface area (Å²) in [6, 6.07) is 6.45. The number of aromatic nitrogens is 2. The number of nitrogens with two attached hydrogens (primary N) is 1. The Kier molecular flexibility index (Phi) is 8.16. The van der Waals surface area contributed by atoms with E-state index in [-0.39, 0.29) is 42.3 Å². The Morgan fingerprint density at radius 3 is 2.56 bits per heavy atom. The molecule has 8 heteroatoms. The molecule has 2 aromatic heterocycles. The molecule has 0 unspecified atom stereocenters. The van der Waals surface area contributed by atoms with Crippen molar-refractivity contribution in [3.8, 4) is 11.3 Å². The average Bonchev–Trinajstić information content (AvgIpc) is 2.83. The van der Waals surface area contributed by atoms with E-state index >= 15 is 0 Å². The molecule has 2 N–H and O–H groups in total. The van der Waals surface area contributed by atoms with Crippen LogP contribution in [0.15, 0.2) is 42.7 Å². The maximum Gasteiger partial charge on any atom is 0.185 e. The van der Waals surface area contributed by atoms with Crippen molar-refractivity contribution in [1.29, 1.82) is 0 Å². The lowest BCUT2D eigenvalue weighted by molar-refractivity contribution is 0.0654. The Labute approximate surface area is 208 Å². The predicted octanol–water partition coefficient (Wildman–Crippen LogP) is 5.90. The highest BCUT2D eigenvalue weighted by atomic mass is 19.1. The van der Waals surface area contributed by atoms with E-state index in [0.29, 0.717) is 0 Å². The first-order chi connectivity index (χ1) is 17.2. The zero-order chi connectivity index (χ0) is 25.8. The summed E-state index contributed by atoms with van der Waals surface area (Å²) < 4.78 is 49.8. The molecule has 4 rings (SSSR count). The monoisotopic (exact) mass is 497 g/mol. The lowest BCUT2D eigenvalue weighted by atomic mass is 9.80. The number of nitrogens with zero attached hydrogens (tertiary/aromatic N) is 2. The van der Waals surface area contributed by atoms with Gasteiger partial charge in [-0.15, -0.1) is 0 Å². The fourth-order valence-corrected chi connectivity index (χ4v) is 4.73. The third kappa shape index (κ3) is 5.99. The molecule has 0 radical (unpaired) electrons. The van der Waals surface area contributed by atoms with E-state index in [4.69, 9.17) is 10.5 Å². The Morgan fingerprint density at radius 1 is 1.11 bits per heavy atom. The fourth-order valence-electron chi connectivity index (χ4n) is 4.73. The Bertz CT molecular complexity index is 1230. The molecule has 0 aliphatic heterocycles. The zero-order valence-corrected chi connectivity index (χ0v) is 20.4. The van der Waals surface area contributed by atoms with Crippen molar-refractivity contribution in [2.45, 2.75) is 70.6 Å². The van der Waals surface area contributed by atoms with Gasteiger partial charge in [0.2, 0.25) is 0 Å². The number of rotatable bonds is 8. The van der Waals surface area contributed by atoms with Gasteiger partial charge < -0.3 is 10.5 Å². The molecule has 1 aromatic carbocycles. The first kappa shape index (κ1) is 26.0. The Morgan fingerprint density at radius 2 is 1.86 bits per heavy atom. The van der Waals surface area contributed by atoms with Crippen molar-refractivity contribution in [3.05, 3.63) is 82.6 Å². The minimum absolute atomic E-state index is 0.0105. The second-order valence-electron chi connectivity index (χ2n) is 9.62. The van der Waals surface area contributed by atoms with Crippen molar-refractivity contribution >= 4 is 5.78 Å². The van der Waals surface area contributed by atoms with Crippen LogP contribution in [-0.2, 0) is 17.8 Å². The highest BCUT2D eigenvalue weighted by Crippen LogP contribution is 2.34. The smallest absolute Gasteiger partial charge is 0.185 e. The molecule has 1 aliphatic carbocycles. The van der Waals surface area contributed by atoms with Gasteiger partial charge in [0.15, 0.2) is 5.78 Å². The largest absolute Gasteiger partial charge is 0.374 e. The highest BCUT2D eigenvalue weighted by Gasteiger charge is 2.25. The maximum absolute atomic E-state index is 14.9. The number of ketones is 1. The van der Waals surface area contributed by atoms with Gasteiger partial charge in [-0.1, -0.05) is 6.42 Å². The molecule has 0 bridgehead atoms. The number of hydrogen-bond acceptors (Lipinski definition) is 5. The average molecular weight is 498 g/mol. The Hall–Kier alpha value is -3.10. The minimum Gasteiger partial charge on any atom is -0.374 e. The number of ether oxygens (including phenoxy) is 1. The lowest BCUT2D eigenvalue weighted by Crippen LogP contribution is -2.27. The van der Waals surface area contributed by atoms with Crippen LogP contribution in [-0.4, -0.2) is 27.9 Å². The zero-order valence-electron chi connectivity index (χ0n) is 20.4. The lowest BCUT2D eigenvalue weighted by Gasteiger charge is -2.28. The molecule has 0 spiro atoms. The number of carbonyl (C=O) groups is 1. The molecule has 2 atom stereocenters. The van der Waals surface area contributed by atoms with Gasteiger partial charge >= 0.3 is 0 Å². The van der Waals surface area contributed by atoms with Crippen LogP contribution < -0.4 is 5.73 Å². The van der Waals surface area contributed by atoms with Gasteiger partial charge in [-0.25, -0.2) is 18.2 Å². The summed E-state index contributed by atoms with van der Waals surface area (Å²) in [5.41, 5.74) is 6.97. The van der Waals surface area contributed by atoms with Gasteiger partial charge in [0.25, 0.3) is 0 Å². The van der Waals surface area contributed by atoms with Crippen LogP contribution in [0.25, 0.3) is 11.3 Å². The van der Waals surface area contributed by atoms with Crippen LogP contribution in [0.3, 0.4) is 0 Å². The third-order valence-electron chi connectivity index (χ3n) is 6.50. The predicted molar refractivity (Wildman–Crippen MR) is 131 cm³/mol. The molecule has 5 nitrogen and oxygen atoms in total. The van der Waals surface area contributed by atoms with Gasteiger partial charge in [0.05, 0.1) is 18.3 Å². The van der Waals surface area contributed by atoms with E-state index in [9.17, 15) is 18.0 Å². The van der Waals surface area contributed by atoms with Crippen LogP contribution in [0.1, 0.15) is 72.6 Å². The van der Waals surface area contributed by atoms with Crippen LogP contribution in [0.2, 0.25) is 0 Å². The van der Waals surface area contributed by atoms with Crippen LogP contribution >= 0.6 is 0 Å². The van der Waals surface area contributed by atoms with Crippen LogP contribution in [0, 0.1) is 17.5 Å². The van der Waals surface area contributed by atoms with Gasteiger partial charge in [0.1, 0.15) is 28.8 Å². The summed E-state index contributed by atoms with van der Waals surface area (Å²) in [6.07, 6.45) is 7.03. The number of carbonyl (C=O) groups excluding carboxylic acids is 1. The minimum atomic E-state index is -0.975. The third-order valence-corrected chi connectivity index (χ3v) is 6.50. The summed E-state index contributed by atoms with van der Waals surface area (Å²) in [6.45, 7) is 3.63. The quantitative estimate of drug-likeness (QED) is 0.392. The van der Waals surface area contributed by atoms with E-state index in [2.05, 4.69) is 9.97 Å². The number of Topliss-reactive ketones (excluding diaryl/α,β-unsaturated/α-hetero) is 1. The number of hydrogen-bond donors (Lipinski definition) is 1. The second-order valence-corrected chi connectivity index (χ2v) is 9.62. The number of benzene rings is 1. The number of halogens is 3. The summed E-state index contributed by atoms with van der Waals surface area (Å²) in [5, 5.41) is 0. The summed E-state index contributed by atoms with van der Waals surface area (Å²) in [7, 11) is 0. The SMILES string of the molecule is CC(C)OCc1cc(F)c(-c2nc(C(=O)Cc3cnccc3[C@@H]3CCC[C@H](N)C3)ccc2F)c(F)c1. The molecule has 190 valence electrons. The maximum atomic E-state index is 14.9. The van der Waals surface area contributed by atoms with E-state index in [1.54, 1.807) is 26.2 Å². The second kappa shape index (κ2) is 11.3. The Balaban J connectivity index is 1.60. The van der Waals surface area contributed by atoms with Crippen molar-refractivity contribution in [2.75, 3.05) is 0 Å². The summed E-state index contributed by atoms with van der Waals surface area (Å²) >= 11 is 0. The molecule has 2 heterocycles. The summed E-state index contributed by atoms with van der Waals surface area (Å²) in [5.74, 6) is -3.03. The van der Waals surface area contributed by atoms with Gasteiger partial charge in [-0.2, -0.15) is 0 Å². The molecule has 3 aromatic rings. The molecule has 0 amide bonds. The fraction of sp³-hybridized carbons (Fsp3) is 0.393. The van der Waals surface area contributed by atoms with E-state index in [0.717, 1.165) is 55.0 Å².